The van der Waals surface area contributed by atoms with Gasteiger partial charge in [-0.3, -0.25) is 0 Å². The van der Waals surface area contributed by atoms with Gasteiger partial charge in [0.1, 0.15) is 0 Å². The lowest BCUT2D eigenvalue weighted by Crippen LogP contribution is -2.04. The zero-order valence-corrected chi connectivity index (χ0v) is 13.8. The van der Waals surface area contributed by atoms with E-state index in [2.05, 4.69) is 23.3 Å². The third-order valence-electron chi connectivity index (χ3n) is 2.47. The van der Waals surface area contributed by atoms with E-state index in [1.807, 2.05) is 0 Å². The molecule has 0 aliphatic heterocycles. The van der Waals surface area contributed by atoms with Crippen LogP contribution in [0.4, 0.5) is 0 Å². The Kier molecular flexibility index (Phi) is 5.19. The van der Waals surface area contributed by atoms with Crippen molar-refractivity contribution >= 4 is 54.7 Å². The Balaban J connectivity index is 2.66. The van der Waals surface area contributed by atoms with Gasteiger partial charge in [-0.05, 0) is 24.3 Å². The lowest BCUT2D eigenvalue weighted by atomic mass is 10.4. The Morgan fingerprint density at radius 2 is 1.11 bits per heavy atom. The van der Waals surface area contributed by atoms with Crippen molar-refractivity contribution < 1.29 is 8.42 Å². The van der Waals surface area contributed by atoms with E-state index in [-0.39, 0.29) is 9.79 Å². The fourth-order valence-electron chi connectivity index (χ4n) is 1.61. The van der Waals surface area contributed by atoms with E-state index in [0.717, 1.165) is 21.6 Å². The summed E-state index contributed by atoms with van der Waals surface area (Å²) in [5.41, 5.74) is 0. The van der Waals surface area contributed by atoms with Crippen LogP contribution in [0.15, 0.2) is 68.1 Å². The summed E-state index contributed by atoms with van der Waals surface area (Å²) in [6, 6.07) is 13.6. The van der Waals surface area contributed by atoms with Crippen LogP contribution in [-0.2, 0) is 9.84 Å². The van der Waals surface area contributed by atoms with Gasteiger partial charge in [0, 0.05) is 9.79 Å². The molecule has 0 saturated carbocycles. The van der Waals surface area contributed by atoms with Crippen LogP contribution in [0.5, 0.6) is 0 Å². The van der Waals surface area contributed by atoms with Crippen LogP contribution in [0.1, 0.15) is 0 Å². The highest BCUT2D eigenvalue weighted by atomic mass is 33.1. The second-order valence-corrected chi connectivity index (χ2v) is 7.81. The molecule has 0 aromatic heterocycles. The average molecular weight is 347 g/mol. The Hall–Kier alpha value is -0.210. The summed E-state index contributed by atoms with van der Waals surface area (Å²) >= 11 is 8.21. The van der Waals surface area contributed by atoms with Gasteiger partial charge in [0.05, 0.1) is 9.79 Å². The smallest absolute Gasteiger partial charge is 0.208 e. The lowest BCUT2D eigenvalue weighted by molar-refractivity contribution is 0.592. The van der Waals surface area contributed by atoms with E-state index in [1.165, 1.54) is 0 Å². The van der Waals surface area contributed by atoms with Crippen LogP contribution in [0.25, 0.3) is 0 Å². The highest BCUT2D eigenvalue weighted by molar-refractivity contribution is 8.69. The molecule has 2 rings (SSSR count). The van der Waals surface area contributed by atoms with Gasteiger partial charge in [0.25, 0.3) is 0 Å². The molecule has 0 heterocycles. The summed E-state index contributed by atoms with van der Waals surface area (Å²) in [4.78, 5) is 1.77. The zero-order valence-electron chi connectivity index (χ0n) is 9.55. The van der Waals surface area contributed by atoms with E-state index in [0.29, 0.717) is 9.79 Å². The first-order valence-corrected chi connectivity index (χ1v) is 10.4. The Morgan fingerprint density at radius 3 is 1.47 bits per heavy atom. The first-order valence-electron chi connectivity index (χ1n) is 5.17. The molecule has 2 aromatic carbocycles. The quantitative estimate of drug-likeness (QED) is 0.635. The van der Waals surface area contributed by atoms with Crippen LogP contribution in [0.3, 0.4) is 0 Å². The molecule has 2 nitrogen and oxygen atoms in total. The van der Waals surface area contributed by atoms with Gasteiger partial charge in [0.15, 0.2) is 0 Å². The van der Waals surface area contributed by atoms with Gasteiger partial charge >= 0.3 is 0 Å². The maximum absolute atomic E-state index is 12.7. The predicted octanol–water partition coefficient (Wildman–Crippen LogP) is 4.39. The van der Waals surface area contributed by atoms with Crippen LogP contribution >= 0.6 is 44.9 Å². The minimum Gasteiger partial charge on any atom is -0.218 e. The van der Waals surface area contributed by atoms with E-state index >= 15 is 0 Å². The minimum atomic E-state index is -3.56. The van der Waals surface area contributed by atoms with E-state index in [9.17, 15) is 8.42 Å². The molecular weight excluding hydrogens is 336 g/mol. The summed E-state index contributed by atoms with van der Waals surface area (Å²) < 4.78 is 25.4. The van der Waals surface area contributed by atoms with Crippen LogP contribution in [0.2, 0.25) is 0 Å². The maximum atomic E-state index is 12.7. The second kappa shape index (κ2) is 6.49. The van der Waals surface area contributed by atoms with E-state index in [4.69, 9.17) is 0 Å². The largest absolute Gasteiger partial charge is 0.218 e. The summed E-state index contributed by atoms with van der Waals surface area (Å²) in [5.74, 6) is 0. The molecule has 0 atom stereocenters. The number of hydrogen-bond acceptors (Lipinski definition) is 6. The highest BCUT2D eigenvalue weighted by Crippen LogP contribution is 2.36. The second-order valence-electron chi connectivity index (χ2n) is 3.58. The minimum absolute atomic E-state index is 0.268. The molecule has 0 aliphatic carbocycles. The van der Waals surface area contributed by atoms with Crippen molar-refractivity contribution in [1.82, 2.24) is 0 Å². The van der Waals surface area contributed by atoms with Gasteiger partial charge in [-0.1, -0.05) is 45.9 Å². The number of sulfone groups is 1. The molecule has 19 heavy (non-hydrogen) atoms. The maximum Gasteiger partial charge on any atom is 0.208 e. The SMILES string of the molecule is O=S(=O)(c1ccccc1SS)c1ccccc1SS. The first-order chi connectivity index (χ1) is 9.11. The van der Waals surface area contributed by atoms with Gasteiger partial charge < -0.3 is 0 Å². The lowest BCUT2D eigenvalue weighted by Gasteiger charge is -2.10. The molecule has 0 saturated heterocycles. The van der Waals surface area contributed by atoms with Crippen molar-refractivity contribution in [3.05, 3.63) is 48.5 Å². The summed E-state index contributed by atoms with van der Waals surface area (Å²) in [5, 5.41) is 0. The van der Waals surface area contributed by atoms with Gasteiger partial charge in [-0.25, -0.2) is 8.42 Å². The molecule has 0 amide bonds. The number of thiol groups is 2. The molecule has 2 aromatic rings. The molecular formula is C12H10O2S5. The predicted molar refractivity (Wildman–Crippen MR) is 88.0 cm³/mol. The first kappa shape index (κ1) is 15.2. The Bertz CT molecular complexity index is 629. The van der Waals surface area contributed by atoms with Crippen molar-refractivity contribution in [2.24, 2.45) is 0 Å². The number of rotatable bonds is 4. The fraction of sp³-hybridized carbons (Fsp3) is 0. The van der Waals surface area contributed by atoms with E-state index < -0.39 is 9.84 Å². The summed E-state index contributed by atoms with van der Waals surface area (Å²) in [6.45, 7) is 0. The average Bonchev–Trinajstić information content (AvgIpc) is 2.47. The van der Waals surface area contributed by atoms with Crippen LogP contribution in [-0.4, -0.2) is 8.42 Å². The van der Waals surface area contributed by atoms with E-state index in [1.54, 1.807) is 48.5 Å². The van der Waals surface area contributed by atoms with Crippen molar-refractivity contribution in [2.75, 3.05) is 0 Å². The molecule has 0 fully saturated rings. The molecule has 0 unspecified atom stereocenters. The van der Waals surface area contributed by atoms with Crippen molar-refractivity contribution in [3.63, 3.8) is 0 Å². The van der Waals surface area contributed by atoms with Crippen LogP contribution in [0, 0.1) is 0 Å². The summed E-state index contributed by atoms with van der Waals surface area (Å²) in [7, 11) is -1.32. The monoisotopic (exact) mass is 346 g/mol. The van der Waals surface area contributed by atoms with Crippen molar-refractivity contribution in [1.29, 1.82) is 0 Å². The van der Waals surface area contributed by atoms with Gasteiger partial charge in [-0.2, -0.15) is 0 Å². The molecule has 7 heteroatoms. The Labute approximate surface area is 130 Å². The topological polar surface area (TPSA) is 34.1 Å². The zero-order chi connectivity index (χ0) is 13.9. The molecule has 0 aliphatic rings. The molecule has 0 radical (unpaired) electrons. The van der Waals surface area contributed by atoms with Gasteiger partial charge in [0.2, 0.25) is 9.84 Å². The highest BCUT2D eigenvalue weighted by Gasteiger charge is 2.23. The van der Waals surface area contributed by atoms with Crippen LogP contribution < -0.4 is 0 Å². The van der Waals surface area contributed by atoms with Crippen molar-refractivity contribution in [2.45, 2.75) is 19.6 Å². The van der Waals surface area contributed by atoms with Gasteiger partial charge in [-0.15, -0.1) is 23.3 Å². The third kappa shape index (κ3) is 3.11. The molecule has 0 spiro atoms. The number of benzene rings is 2. The molecule has 0 bridgehead atoms. The van der Waals surface area contributed by atoms with Crippen molar-refractivity contribution in [3.8, 4) is 0 Å². The molecule has 0 N–H and O–H groups in total. The molecule has 100 valence electrons. The Morgan fingerprint density at radius 1 is 0.737 bits per heavy atom. The summed E-state index contributed by atoms with van der Waals surface area (Å²) in [6.07, 6.45) is 0. The normalized spacial score (nSPS) is 11.5. The standard InChI is InChI=1S/C12H10O2S5/c13-19(14,11-7-3-1-5-9(11)17-15)12-8-4-2-6-10(12)18-16/h1-8,15-16H. The third-order valence-corrected chi connectivity index (χ3v) is 6.89. The fourth-order valence-corrected chi connectivity index (χ4v) is 5.86. The number of hydrogen-bond donors (Lipinski definition) is 2.